The van der Waals surface area contributed by atoms with Gasteiger partial charge >= 0.3 is 0 Å². The summed E-state index contributed by atoms with van der Waals surface area (Å²) in [4.78, 5) is 26.9. The van der Waals surface area contributed by atoms with Crippen LogP contribution in [0.4, 0.5) is 10.1 Å². The third-order valence-corrected chi connectivity index (χ3v) is 4.40. The van der Waals surface area contributed by atoms with Crippen LogP contribution in [0.1, 0.15) is 34.3 Å². The number of anilines is 1. The van der Waals surface area contributed by atoms with Gasteiger partial charge in [-0.1, -0.05) is 6.07 Å². The van der Waals surface area contributed by atoms with Crippen molar-refractivity contribution in [1.82, 2.24) is 4.90 Å². The second-order valence-electron chi connectivity index (χ2n) is 6.53. The molecular formula is C20H21FN2O2. The van der Waals surface area contributed by atoms with Crippen LogP contribution >= 0.6 is 0 Å². The monoisotopic (exact) mass is 340 g/mol. The van der Waals surface area contributed by atoms with Crippen LogP contribution in [0.5, 0.6) is 0 Å². The van der Waals surface area contributed by atoms with Gasteiger partial charge in [0.05, 0.1) is 0 Å². The Morgan fingerprint density at radius 1 is 1.08 bits per heavy atom. The molecule has 0 saturated carbocycles. The molecular weight excluding hydrogens is 319 g/mol. The number of amides is 2. The van der Waals surface area contributed by atoms with Gasteiger partial charge in [0, 0.05) is 17.8 Å². The van der Waals surface area contributed by atoms with Crippen molar-refractivity contribution in [2.24, 2.45) is 0 Å². The molecule has 1 N–H and O–H groups in total. The fraction of sp³-hybridized carbons (Fsp3) is 0.300. The smallest absolute Gasteiger partial charge is 0.254 e. The van der Waals surface area contributed by atoms with Gasteiger partial charge in [-0.2, -0.15) is 0 Å². The van der Waals surface area contributed by atoms with Crippen molar-refractivity contribution in [3.05, 3.63) is 65.0 Å². The summed E-state index contributed by atoms with van der Waals surface area (Å²) in [5.74, 6) is -0.807. The number of halogens is 1. The van der Waals surface area contributed by atoms with Crippen LogP contribution in [0, 0.1) is 19.7 Å². The van der Waals surface area contributed by atoms with Gasteiger partial charge in [0.15, 0.2) is 0 Å². The first-order chi connectivity index (χ1) is 11.9. The van der Waals surface area contributed by atoms with E-state index in [1.165, 1.54) is 24.3 Å². The van der Waals surface area contributed by atoms with Gasteiger partial charge in [0.1, 0.15) is 11.9 Å². The Balaban J connectivity index is 1.75. The molecule has 4 nitrogen and oxygen atoms in total. The molecule has 2 amide bonds. The van der Waals surface area contributed by atoms with E-state index < -0.39 is 6.04 Å². The summed E-state index contributed by atoms with van der Waals surface area (Å²) in [6, 6.07) is 10.8. The lowest BCUT2D eigenvalue weighted by Gasteiger charge is -2.24. The summed E-state index contributed by atoms with van der Waals surface area (Å²) in [6.07, 6.45) is 1.40. The molecule has 1 fully saturated rings. The van der Waals surface area contributed by atoms with Crippen LogP contribution < -0.4 is 5.32 Å². The van der Waals surface area contributed by atoms with Gasteiger partial charge in [-0.05, 0) is 74.2 Å². The minimum atomic E-state index is -0.502. The SMILES string of the molecule is Cc1cc(C)cc(NC(=O)[C@@H]2CCCN2C(=O)c2ccc(F)cc2)c1. The summed E-state index contributed by atoms with van der Waals surface area (Å²) >= 11 is 0. The number of rotatable bonds is 3. The number of likely N-dealkylation sites (tertiary alicyclic amines) is 1. The van der Waals surface area contributed by atoms with E-state index in [2.05, 4.69) is 5.32 Å². The average molecular weight is 340 g/mol. The zero-order valence-electron chi connectivity index (χ0n) is 14.4. The van der Waals surface area contributed by atoms with E-state index in [4.69, 9.17) is 0 Å². The first kappa shape index (κ1) is 17.1. The highest BCUT2D eigenvalue weighted by Gasteiger charge is 2.34. The Hall–Kier alpha value is -2.69. The van der Waals surface area contributed by atoms with E-state index in [1.807, 2.05) is 32.0 Å². The number of aryl methyl sites for hydroxylation is 2. The van der Waals surface area contributed by atoms with Crippen molar-refractivity contribution in [1.29, 1.82) is 0 Å². The van der Waals surface area contributed by atoms with E-state index in [-0.39, 0.29) is 17.6 Å². The van der Waals surface area contributed by atoms with Crippen LogP contribution in [0.2, 0.25) is 0 Å². The highest BCUT2D eigenvalue weighted by atomic mass is 19.1. The number of carbonyl (C=O) groups excluding carboxylic acids is 2. The van der Waals surface area contributed by atoms with Crippen LogP contribution in [0.3, 0.4) is 0 Å². The highest BCUT2D eigenvalue weighted by Crippen LogP contribution is 2.22. The molecule has 130 valence electrons. The summed E-state index contributed by atoms with van der Waals surface area (Å²) in [5.41, 5.74) is 3.28. The van der Waals surface area contributed by atoms with Crippen molar-refractivity contribution < 1.29 is 14.0 Å². The van der Waals surface area contributed by atoms with Crippen LogP contribution in [0.25, 0.3) is 0 Å². The minimum Gasteiger partial charge on any atom is -0.327 e. The molecule has 2 aromatic carbocycles. The van der Waals surface area contributed by atoms with Crippen LogP contribution in [-0.4, -0.2) is 29.3 Å². The van der Waals surface area contributed by atoms with Gasteiger partial charge in [0.25, 0.3) is 5.91 Å². The number of nitrogens with zero attached hydrogens (tertiary/aromatic N) is 1. The quantitative estimate of drug-likeness (QED) is 0.926. The number of hydrogen-bond donors (Lipinski definition) is 1. The Labute approximate surface area is 146 Å². The predicted octanol–water partition coefficient (Wildman–Crippen LogP) is 3.69. The summed E-state index contributed by atoms with van der Waals surface area (Å²) in [5, 5.41) is 2.92. The molecule has 2 aromatic rings. The Morgan fingerprint density at radius 2 is 1.72 bits per heavy atom. The molecule has 0 spiro atoms. The van der Waals surface area contributed by atoms with Crippen molar-refractivity contribution in [3.8, 4) is 0 Å². The number of hydrogen-bond acceptors (Lipinski definition) is 2. The molecule has 1 saturated heterocycles. The molecule has 0 aromatic heterocycles. The second-order valence-corrected chi connectivity index (χ2v) is 6.53. The van der Waals surface area contributed by atoms with E-state index in [9.17, 15) is 14.0 Å². The van der Waals surface area contributed by atoms with E-state index in [0.29, 0.717) is 18.5 Å². The predicted molar refractivity (Wildman–Crippen MR) is 95.0 cm³/mol. The average Bonchev–Trinajstić information content (AvgIpc) is 3.03. The van der Waals surface area contributed by atoms with Gasteiger partial charge in [0.2, 0.25) is 5.91 Å². The number of benzene rings is 2. The minimum absolute atomic E-state index is 0.182. The molecule has 0 bridgehead atoms. The van der Waals surface area contributed by atoms with Crippen LogP contribution in [0.15, 0.2) is 42.5 Å². The Kier molecular flexibility index (Phi) is 4.83. The Bertz CT molecular complexity index is 782. The molecule has 5 heteroatoms. The van der Waals surface area contributed by atoms with E-state index >= 15 is 0 Å². The third-order valence-electron chi connectivity index (χ3n) is 4.40. The molecule has 25 heavy (non-hydrogen) atoms. The van der Waals surface area contributed by atoms with Crippen LogP contribution in [-0.2, 0) is 4.79 Å². The van der Waals surface area contributed by atoms with Gasteiger partial charge in [-0.3, -0.25) is 9.59 Å². The second kappa shape index (κ2) is 7.05. The fourth-order valence-corrected chi connectivity index (χ4v) is 3.31. The summed E-state index contributed by atoms with van der Waals surface area (Å²) in [7, 11) is 0. The maximum atomic E-state index is 13.1. The number of nitrogens with one attached hydrogen (secondary N) is 1. The largest absolute Gasteiger partial charge is 0.327 e. The molecule has 0 unspecified atom stereocenters. The normalized spacial score (nSPS) is 16.8. The highest BCUT2D eigenvalue weighted by molar-refractivity contribution is 6.01. The number of carbonyl (C=O) groups is 2. The van der Waals surface area contributed by atoms with Gasteiger partial charge in [-0.25, -0.2) is 4.39 Å². The lowest BCUT2D eigenvalue weighted by atomic mass is 10.1. The molecule has 3 rings (SSSR count). The standard InChI is InChI=1S/C20H21FN2O2/c1-13-10-14(2)12-17(11-13)22-19(24)18-4-3-9-23(18)20(25)15-5-7-16(21)8-6-15/h5-8,10-12,18H,3-4,9H2,1-2H3,(H,22,24)/t18-/m0/s1. The first-order valence-electron chi connectivity index (χ1n) is 8.40. The topological polar surface area (TPSA) is 49.4 Å². The molecule has 0 aliphatic carbocycles. The van der Waals surface area contributed by atoms with E-state index in [0.717, 1.165) is 23.2 Å². The summed E-state index contributed by atoms with van der Waals surface area (Å²) in [6.45, 7) is 4.48. The maximum absolute atomic E-state index is 13.1. The molecule has 0 radical (unpaired) electrons. The maximum Gasteiger partial charge on any atom is 0.254 e. The van der Waals surface area contributed by atoms with Gasteiger partial charge in [-0.15, -0.1) is 0 Å². The van der Waals surface area contributed by atoms with Crippen molar-refractivity contribution in [2.75, 3.05) is 11.9 Å². The lowest BCUT2D eigenvalue weighted by molar-refractivity contribution is -0.119. The zero-order chi connectivity index (χ0) is 18.0. The summed E-state index contributed by atoms with van der Waals surface area (Å²) < 4.78 is 13.1. The first-order valence-corrected chi connectivity index (χ1v) is 8.40. The molecule has 1 aliphatic rings. The fourth-order valence-electron chi connectivity index (χ4n) is 3.31. The van der Waals surface area contributed by atoms with Crippen molar-refractivity contribution in [3.63, 3.8) is 0 Å². The van der Waals surface area contributed by atoms with Crippen molar-refractivity contribution in [2.45, 2.75) is 32.7 Å². The lowest BCUT2D eigenvalue weighted by Crippen LogP contribution is -2.43. The van der Waals surface area contributed by atoms with Crippen molar-refractivity contribution >= 4 is 17.5 Å². The van der Waals surface area contributed by atoms with E-state index in [1.54, 1.807) is 4.90 Å². The third kappa shape index (κ3) is 3.87. The molecule has 1 heterocycles. The Morgan fingerprint density at radius 3 is 2.36 bits per heavy atom. The molecule has 1 atom stereocenters. The van der Waals surface area contributed by atoms with Gasteiger partial charge < -0.3 is 10.2 Å². The zero-order valence-corrected chi connectivity index (χ0v) is 14.4. The molecule has 1 aliphatic heterocycles.